The van der Waals surface area contributed by atoms with Crippen LogP contribution < -0.4 is 10.6 Å². The van der Waals surface area contributed by atoms with E-state index in [2.05, 4.69) is 10.6 Å². The third-order valence-corrected chi connectivity index (χ3v) is 7.51. The van der Waals surface area contributed by atoms with E-state index < -0.39 is 21.9 Å². The van der Waals surface area contributed by atoms with Crippen LogP contribution in [0.15, 0.2) is 29.2 Å². The summed E-state index contributed by atoms with van der Waals surface area (Å²) in [7, 11) is -3.72. The molecule has 1 unspecified atom stereocenters. The van der Waals surface area contributed by atoms with Crippen LogP contribution in [0, 0.1) is 11.7 Å². The Morgan fingerprint density at radius 3 is 2.30 bits per heavy atom. The van der Waals surface area contributed by atoms with Gasteiger partial charge < -0.3 is 10.6 Å². The lowest BCUT2D eigenvalue weighted by molar-refractivity contribution is -0.132. The largest absolute Gasteiger partial charge is 0.352 e. The monoisotopic (exact) mass is 459 g/mol. The van der Waals surface area contributed by atoms with Gasteiger partial charge in [0.25, 0.3) is 0 Å². The van der Waals surface area contributed by atoms with E-state index >= 15 is 0 Å². The Labute approximate surface area is 182 Å². The summed E-state index contributed by atoms with van der Waals surface area (Å²) < 4.78 is 39.8. The maximum absolute atomic E-state index is 13.1. The van der Waals surface area contributed by atoms with Gasteiger partial charge in [0, 0.05) is 25.0 Å². The van der Waals surface area contributed by atoms with Crippen molar-refractivity contribution < 1.29 is 22.4 Å². The fourth-order valence-electron chi connectivity index (χ4n) is 3.29. The summed E-state index contributed by atoms with van der Waals surface area (Å²) in [6.07, 6.45) is 3.21. The molecule has 1 heterocycles. The lowest BCUT2D eigenvalue weighted by atomic mass is 9.96. The fraction of sp³-hybridized carbons (Fsp3) is 0.600. The van der Waals surface area contributed by atoms with Crippen molar-refractivity contribution in [1.82, 2.24) is 14.9 Å². The molecule has 0 saturated carbocycles. The summed E-state index contributed by atoms with van der Waals surface area (Å²) in [6.45, 7) is 4.13. The van der Waals surface area contributed by atoms with E-state index in [9.17, 15) is 22.4 Å². The second-order valence-electron chi connectivity index (χ2n) is 7.64. The molecule has 10 heteroatoms. The molecule has 0 aromatic heterocycles. The molecule has 1 aliphatic heterocycles. The zero-order valence-corrected chi connectivity index (χ0v) is 19.2. The molecular weight excluding hydrogens is 429 g/mol. The van der Waals surface area contributed by atoms with Crippen LogP contribution in [0.2, 0.25) is 0 Å². The Bertz CT molecular complexity index is 823. The number of hydrogen-bond donors (Lipinski definition) is 2. The Balaban J connectivity index is 1.96. The molecule has 0 bridgehead atoms. The van der Waals surface area contributed by atoms with Gasteiger partial charge in [0.2, 0.25) is 21.8 Å². The van der Waals surface area contributed by atoms with Crippen molar-refractivity contribution in [3.05, 3.63) is 30.1 Å². The van der Waals surface area contributed by atoms with Crippen molar-refractivity contribution in [2.75, 3.05) is 25.1 Å². The number of carbonyl (C=O) groups is 2. The first-order chi connectivity index (χ1) is 14.1. The maximum atomic E-state index is 13.1. The molecule has 2 rings (SSSR count). The lowest BCUT2D eigenvalue weighted by Gasteiger charge is -2.31. The smallest absolute Gasteiger partial charge is 0.243 e. The molecule has 7 nitrogen and oxygen atoms in total. The van der Waals surface area contributed by atoms with Gasteiger partial charge in [0.05, 0.1) is 4.90 Å². The normalized spacial score (nSPS) is 17.0. The van der Waals surface area contributed by atoms with Crippen molar-refractivity contribution >= 4 is 33.6 Å². The summed E-state index contributed by atoms with van der Waals surface area (Å²) in [5.41, 5.74) is 0. The summed E-state index contributed by atoms with van der Waals surface area (Å²) in [6, 6.07) is 4.09. The average molecular weight is 460 g/mol. The first-order valence-electron chi connectivity index (χ1n) is 10.0. The highest BCUT2D eigenvalue weighted by atomic mass is 32.2. The molecule has 0 spiro atoms. The Morgan fingerprint density at radius 1 is 1.17 bits per heavy atom. The van der Waals surface area contributed by atoms with Gasteiger partial charge in [-0.25, -0.2) is 12.8 Å². The Kier molecular flexibility index (Phi) is 9.11. The van der Waals surface area contributed by atoms with Gasteiger partial charge in [-0.3, -0.25) is 9.59 Å². The van der Waals surface area contributed by atoms with Crippen LogP contribution in [0.25, 0.3) is 0 Å². The number of nitrogens with one attached hydrogen (secondary N) is 2. The van der Waals surface area contributed by atoms with E-state index in [1.165, 1.54) is 16.4 Å². The van der Waals surface area contributed by atoms with Crippen molar-refractivity contribution in [2.45, 2.75) is 50.1 Å². The fourth-order valence-corrected chi connectivity index (χ4v) is 5.23. The van der Waals surface area contributed by atoms with Gasteiger partial charge in [0.15, 0.2) is 0 Å². The Hall–Kier alpha value is -1.65. The molecule has 1 aromatic rings. The predicted octanol–water partition coefficient (Wildman–Crippen LogP) is 1.99. The van der Waals surface area contributed by atoms with Gasteiger partial charge in [-0.2, -0.15) is 16.1 Å². The minimum Gasteiger partial charge on any atom is -0.352 e. The highest BCUT2D eigenvalue weighted by Crippen LogP contribution is 2.24. The molecular formula is C20H30FN3O4S2. The highest BCUT2D eigenvalue weighted by molar-refractivity contribution is 7.98. The number of amides is 2. The lowest BCUT2D eigenvalue weighted by Crippen LogP contribution is -2.51. The van der Waals surface area contributed by atoms with Crippen LogP contribution in [0.3, 0.4) is 0 Å². The van der Waals surface area contributed by atoms with Crippen LogP contribution in [0.4, 0.5) is 4.39 Å². The molecule has 0 radical (unpaired) electrons. The summed E-state index contributed by atoms with van der Waals surface area (Å²) in [4.78, 5) is 25.1. The molecule has 1 aliphatic rings. The molecule has 1 saturated heterocycles. The highest BCUT2D eigenvalue weighted by Gasteiger charge is 2.33. The maximum Gasteiger partial charge on any atom is 0.243 e. The third-order valence-electron chi connectivity index (χ3n) is 4.95. The van der Waals surface area contributed by atoms with Crippen LogP contribution in [-0.4, -0.2) is 61.7 Å². The molecule has 0 aliphatic carbocycles. The number of nitrogens with zero attached hydrogens (tertiary/aromatic N) is 1. The number of carbonyl (C=O) groups excluding carboxylic acids is 2. The zero-order chi connectivity index (χ0) is 22.3. The van der Waals surface area contributed by atoms with Crippen LogP contribution in [0.1, 0.15) is 33.1 Å². The number of benzene rings is 1. The minimum absolute atomic E-state index is 0.0221. The van der Waals surface area contributed by atoms with Gasteiger partial charge >= 0.3 is 0 Å². The van der Waals surface area contributed by atoms with Gasteiger partial charge in [-0.1, -0.05) is 0 Å². The number of sulfonamides is 1. The average Bonchev–Trinajstić information content (AvgIpc) is 2.70. The molecule has 1 fully saturated rings. The molecule has 2 amide bonds. The number of rotatable bonds is 9. The SMILES string of the molecule is CSCCC(NC(=O)C1CCN(S(=O)(=O)c2ccc(F)cc2)CC1)C(=O)NC(C)C. The number of piperidine rings is 1. The second kappa shape index (κ2) is 11.1. The van der Waals surface area contributed by atoms with E-state index in [0.29, 0.717) is 19.3 Å². The van der Waals surface area contributed by atoms with Gasteiger partial charge in [-0.15, -0.1) is 0 Å². The predicted molar refractivity (Wildman–Crippen MR) is 116 cm³/mol. The summed E-state index contributed by atoms with van der Waals surface area (Å²) in [5.74, 6) is -0.539. The summed E-state index contributed by atoms with van der Waals surface area (Å²) >= 11 is 1.60. The van der Waals surface area contributed by atoms with Crippen LogP contribution in [-0.2, 0) is 19.6 Å². The van der Waals surface area contributed by atoms with Crippen molar-refractivity contribution in [2.24, 2.45) is 5.92 Å². The Morgan fingerprint density at radius 2 is 1.77 bits per heavy atom. The minimum atomic E-state index is -3.72. The molecule has 30 heavy (non-hydrogen) atoms. The zero-order valence-electron chi connectivity index (χ0n) is 17.6. The quantitative estimate of drug-likeness (QED) is 0.589. The first-order valence-corrected chi connectivity index (χ1v) is 12.8. The van der Waals surface area contributed by atoms with E-state index in [1.807, 2.05) is 20.1 Å². The number of hydrogen-bond acceptors (Lipinski definition) is 5. The third kappa shape index (κ3) is 6.68. The topological polar surface area (TPSA) is 95.6 Å². The molecule has 2 N–H and O–H groups in total. The first kappa shape index (κ1) is 24.6. The molecule has 1 atom stereocenters. The number of halogens is 1. The van der Waals surface area contributed by atoms with Crippen LogP contribution in [0.5, 0.6) is 0 Å². The second-order valence-corrected chi connectivity index (χ2v) is 10.6. The summed E-state index contributed by atoms with van der Waals surface area (Å²) in [5, 5.41) is 5.68. The number of thioether (sulfide) groups is 1. The molecule has 1 aromatic carbocycles. The van der Waals surface area contributed by atoms with E-state index in [0.717, 1.165) is 17.9 Å². The van der Waals surface area contributed by atoms with E-state index in [-0.39, 0.29) is 41.8 Å². The van der Waals surface area contributed by atoms with Gasteiger partial charge in [-0.05, 0) is 69.4 Å². The van der Waals surface area contributed by atoms with E-state index in [1.54, 1.807) is 11.8 Å². The van der Waals surface area contributed by atoms with Crippen molar-refractivity contribution in [3.63, 3.8) is 0 Å². The van der Waals surface area contributed by atoms with Gasteiger partial charge in [0.1, 0.15) is 11.9 Å². The standard InChI is InChI=1S/C20H30FN3O4S2/c1-14(2)22-20(26)18(10-13-29-3)23-19(25)15-8-11-24(12-9-15)30(27,28)17-6-4-16(21)5-7-17/h4-7,14-15,18H,8-13H2,1-3H3,(H,22,26)(H,23,25). The molecule has 168 valence electrons. The van der Waals surface area contributed by atoms with Crippen molar-refractivity contribution in [1.29, 1.82) is 0 Å². The van der Waals surface area contributed by atoms with Crippen molar-refractivity contribution in [3.8, 4) is 0 Å². The van der Waals surface area contributed by atoms with E-state index in [4.69, 9.17) is 0 Å². The van der Waals surface area contributed by atoms with Crippen LogP contribution >= 0.6 is 11.8 Å².